The lowest BCUT2D eigenvalue weighted by atomic mass is 9.96. The quantitative estimate of drug-likeness (QED) is 0.691. The number of hydrogen-bond acceptors (Lipinski definition) is 6. The molecule has 2 fully saturated rings. The second-order valence-electron chi connectivity index (χ2n) is 8.35. The molecule has 4 rings (SSSR count). The van der Waals surface area contributed by atoms with Gasteiger partial charge in [0.2, 0.25) is 5.91 Å². The first kappa shape index (κ1) is 21.8. The Morgan fingerprint density at radius 3 is 2.52 bits per heavy atom. The van der Waals surface area contributed by atoms with Crippen molar-refractivity contribution < 1.29 is 9.59 Å². The van der Waals surface area contributed by atoms with Gasteiger partial charge in [0.05, 0.1) is 6.54 Å². The van der Waals surface area contributed by atoms with Gasteiger partial charge in [0.15, 0.2) is 5.13 Å². The minimum Gasteiger partial charge on any atom is -0.359 e. The van der Waals surface area contributed by atoms with Crippen molar-refractivity contribution in [3.05, 3.63) is 47.0 Å². The fourth-order valence-corrected chi connectivity index (χ4v) is 4.95. The van der Waals surface area contributed by atoms with Crippen LogP contribution < -0.4 is 10.6 Å². The van der Waals surface area contributed by atoms with Gasteiger partial charge < -0.3 is 15.5 Å². The lowest BCUT2D eigenvalue weighted by Crippen LogP contribution is -2.51. The van der Waals surface area contributed by atoms with Crippen molar-refractivity contribution in [1.29, 1.82) is 0 Å². The standard InChI is InChI=1S/C23H31N5O2S/c29-21(24-15-18-7-3-1-4-8-18)16-27-11-13-28(14-12-27)22(30)20-17-31-23(26-20)25-19-9-5-2-6-10-19/h1,3-4,7-8,17,19H,2,5-6,9-16H2,(H,24,29)(H,25,26). The first-order valence-electron chi connectivity index (χ1n) is 11.2. The minimum absolute atomic E-state index is 0.0128. The van der Waals surface area contributed by atoms with E-state index in [4.69, 9.17) is 0 Å². The van der Waals surface area contributed by atoms with Gasteiger partial charge >= 0.3 is 0 Å². The summed E-state index contributed by atoms with van der Waals surface area (Å²) in [6, 6.07) is 10.4. The molecule has 0 atom stereocenters. The van der Waals surface area contributed by atoms with E-state index in [9.17, 15) is 9.59 Å². The van der Waals surface area contributed by atoms with Crippen LogP contribution in [0.4, 0.5) is 5.13 Å². The molecule has 1 aliphatic carbocycles. The van der Waals surface area contributed by atoms with Crippen LogP contribution in [0.5, 0.6) is 0 Å². The van der Waals surface area contributed by atoms with Crippen molar-refractivity contribution in [3.8, 4) is 0 Å². The van der Waals surface area contributed by atoms with Crippen LogP contribution in [0.2, 0.25) is 0 Å². The minimum atomic E-state index is -0.0128. The summed E-state index contributed by atoms with van der Waals surface area (Å²) in [4.78, 5) is 33.6. The average molecular weight is 442 g/mol. The number of carbonyl (C=O) groups excluding carboxylic acids is 2. The van der Waals surface area contributed by atoms with Crippen LogP contribution in [0.3, 0.4) is 0 Å². The van der Waals surface area contributed by atoms with E-state index in [0.717, 1.165) is 10.7 Å². The first-order valence-corrected chi connectivity index (χ1v) is 12.1. The van der Waals surface area contributed by atoms with Crippen molar-refractivity contribution in [2.24, 2.45) is 0 Å². The summed E-state index contributed by atoms with van der Waals surface area (Å²) in [5.74, 6) is 0.00248. The Bertz CT molecular complexity index is 858. The highest BCUT2D eigenvalue weighted by molar-refractivity contribution is 7.13. The lowest BCUT2D eigenvalue weighted by molar-refractivity contribution is -0.122. The van der Waals surface area contributed by atoms with Crippen molar-refractivity contribution in [1.82, 2.24) is 20.1 Å². The number of anilines is 1. The molecule has 0 bridgehead atoms. The van der Waals surface area contributed by atoms with Gasteiger partial charge in [-0.1, -0.05) is 49.6 Å². The van der Waals surface area contributed by atoms with E-state index in [2.05, 4.69) is 20.5 Å². The zero-order chi connectivity index (χ0) is 21.5. The second-order valence-corrected chi connectivity index (χ2v) is 9.21. The van der Waals surface area contributed by atoms with Gasteiger partial charge in [-0.05, 0) is 18.4 Å². The maximum Gasteiger partial charge on any atom is 0.273 e. The van der Waals surface area contributed by atoms with Gasteiger partial charge in [-0.2, -0.15) is 0 Å². The van der Waals surface area contributed by atoms with Gasteiger partial charge in [-0.15, -0.1) is 11.3 Å². The fourth-order valence-electron chi connectivity index (χ4n) is 4.19. The van der Waals surface area contributed by atoms with E-state index in [0.29, 0.717) is 51.0 Å². The molecule has 2 aromatic rings. The number of thiazole rings is 1. The average Bonchev–Trinajstić information content (AvgIpc) is 3.27. The van der Waals surface area contributed by atoms with Crippen LogP contribution in [0.1, 0.15) is 48.2 Å². The summed E-state index contributed by atoms with van der Waals surface area (Å²) < 4.78 is 0. The monoisotopic (exact) mass is 441 g/mol. The molecule has 1 aromatic carbocycles. The van der Waals surface area contributed by atoms with Crippen molar-refractivity contribution in [2.45, 2.75) is 44.7 Å². The van der Waals surface area contributed by atoms with Gasteiger partial charge in [0, 0.05) is 44.1 Å². The predicted molar refractivity (Wildman–Crippen MR) is 123 cm³/mol. The highest BCUT2D eigenvalue weighted by atomic mass is 32.1. The third-order valence-electron chi connectivity index (χ3n) is 6.02. The Kier molecular flexibility index (Phi) is 7.53. The lowest BCUT2D eigenvalue weighted by Gasteiger charge is -2.34. The number of nitrogens with zero attached hydrogens (tertiary/aromatic N) is 3. The number of carbonyl (C=O) groups is 2. The zero-order valence-electron chi connectivity index (χ0n) is 17.9. The van der Waals surface area contributed by atoms with Crippen LogP contribution in [-0.2, 0) is 11.3 Å². The Hall–Kier alpha value is -2.45. The summed E-state index contributed by atoms with van der Waals surface area (Å²) in [5, 5.41) is 9.17. The van der Waals surface area contributed by atoms with Crippen LogP contribution in [0.25, 0.3) is 0 Å². The van der Waals surface area contributed by atoms with Gasteiger partial charge in [0.25, 0.3) is 5.91 Å². The number of rotatable bonds is 7. The molecule has 2 amide bonds. The summed E-state index contributed by atoms with van der Waals surface area (Å²) in [6.45, 7) is 3.53. The third kappa shape index (κ3) is 6.27. The van der Waals surface area contributed by atoms with E-state index in [1.54, 1.807) is 0 Å². The Morgan fingerprint density at radius 2 is 1.77 bits per heavy atom. The first-order chi connectivity index (χ1) is 15.2. The van der Waals surface area contributed by atoms with Crippen LogP contribution in [0.15, 0.2) is 35.7 Å². The van der Waals surface area contributed by atoms with Crippen molar-refractivity contribution >= 4 is 28.3 Å². The summed E-state index contributed by atoms with van der Waals surface area (Å²) in [6.07, 6.45) is 6.22. The molecule has 0 radical (unpaired) electrons. The van der Waals surface area contributed by atoms with Gasteiger partial charge in [-0.25, -0.2) is 4.98 Å². The largest absolute Gasteiger partial charge is 0.359 e. The summed E-state index contributed by atoms with van der Waals surface area (Å²) in [5.41, 5.74) is 1.62. The molecule has 1 saturated heterocycles. The van der Waals surface area contributed by atoms with E-state index < -0.39 is 0 Å². The molecule has 2 N–H and O–H groups in total. The molecule has 7 nitrogen and oxygen atoms in total. The van der Waals surface area contributed by atoms with Crippen molar-refractivity contribution in [2.75, 3.05) is 38.0 Å². The predicted octanol–water partition coefficient (Wildman–Crippen LogP) is 2.96. The van der Waals surface area contributed by atoms with Crippen molar-refractivity contribution in [3.63, 3.8) is 0 Å². The molecule has 1 saturated carbocycles. The number of aromatic nitrogens is 1. The Labute approximate surface area is 187 Å². The molecule has 2 heterocycles. The number of piperazine rings is 1. The summed E-state index contributed by atoms with van der Waals surface area (Å²) >= 11 is 1.52. The van der Waals surface area contributed by atoms with Crippen LogP contribution in [-0.4, -0.2) is 65.4 Å². The molecule has 1 aromatic heterocycles. The topological polar surface area (TPSA) is 77.6 Å². The molecule has 1 aliphatic heterocycles. The van der Waals surface area contributed by atoms with Crippen LogP contribution >= 0.6 is 11.3 Å². The highest BCUT2D eigenvalue weighted by Crippen LogP contribution is 2.24. The van der Waals surface area contributed by atoms with E-state index in [1.165, 1.54) is 43.4 Å². The molecule has 8 heteroatoms. The number of amides is 2. The molecule has 0 spiro atoms. The van der Waals surface area contributed by atoms with Gasteiger partial charge in [-0.3, -0.25) is 14.5 Å². The SMILES string of the molecule is O=C(CN1CCN(C(=O)c2csc(NC3CCCCC3)n2)CC1)NCc1ccccc1. The molecule has 0 unspecified atom stereocenters. The molecular formula is C23H31N5O2S. The zero-order valence-corrected chi connectivity index (χ0v) is 18.7. The number of nitrogens with one attached hydrogen (secondary N) is 2. The Balaban J connectivity index is 1.19. The third-order valence-corrected chi connectivity index (χ3v) is 6.79. The number of benzene rings is 1. The highest BCUT2D eigenvalue weighted by Gasteiger charge is 2.25. The maximum absolute atomic E-state index is 12.8. The summed E-state index contributed by atoms with van der Waals surface area (Å²) in [7, 11) is 0. The maximum atomic E-state index is 12.8. The number of hydrogen-bond donors (Lipinski definition) is 2. The van der Waals surface area contributed by atoms with E-state index in [1.807, 2.05) is 40.6 Å². The van der Waals surface area contributed by atoms with E-state index in [-0.39, 0.29) is 11.8 Å². The van der Waals surface area contributed by atoms with E-state index >= 15 is 0 Å². The van der Waals surface area contributed by atoms with Crippen LogP contribution in [0, 0.1) is 0 Å². The smallest absolute Gasteiger partial charge is 0.273 e. The second kappa shape index (κ2) is 10.7. The molecular weight excluding hydrogens is 410 g/mol. The Morgan fingerprint density at radius 1 is 1.03 bits per heavy atom. The molecule has 2 aliphatic rings. The molecule has 166 valence electrons. The fraction of sp³-hybridized carbons (Fsp3) is 0.522. The molecule has 31 heavy (non-hydrogen) atoms. The normalized spacial score (nSPS) is 18.0. The van der Waals surface area contributed by atoms with Gasteiger partial charge in [0.1, 0.15) is 5.69 Å².